The van der Waals surface area contributed by atoms with E-state index in [1.807, 2.05) is 24.3 Å². The van der Waals surface area contributed by atoms with Crippen LogP contribution in [0.4, 0.5) is 0 Å². The highest BCUT2D eigenvalue weighted by atomic mass is 127. The number of benzene rings is 1. The molecule has 1 rings (SSSR count). The van der Waals surface area contributed by atoms with Crippen molar-refractivity contribution in [2.45, 2.75) is 0 Å². The molecule has 0 spiro atoms. The maximum atomic E-state index is 4.79. The second-order valence-corrected chi connectivity index (χ2v) is 2.74. The number of hydrogen-bond acceptors (Lipinski definition) is 1. The third-order valence-electron chi connectivity index (χ3n) is 0.992. The van der Waals surface area contributed by atoms with Crippen LogP contribution in [-0.4, -0.2) is 0 Å². The van der Waals surface area contributed by atoms with Crippen LogP contribution >= 0.6 is 22.6 Å². The van der Waals surface area contributed by atoms with Crippen molar-refractivity contribution in [3.05, 3.63) is 34.9 Å². The Balaban J connectivity index is 3.01. The number of para-hydroxylation sites is 1. The molecule has 0 aliphatic carbocycles. The smallest absolute Gasteiger partial charge is 0.132 e. The first-order valence-electron chi connectivity index (χ1n) is 2.51. The van der Waals surface area contributed by atoms with Gasteiger partial charge in [-0.15, -0.1) is 0 Å². The third-order valence-corrected chi connectivity index (χ3v) is 1.88. The zero-order chi connectivity index (χ0) is 6.69. The van der Waals surface area contributed by atoms with Crippen LogP contribution in [0.25, 0.3) is 0 Å². The van der Waals surface area contributed by atoms with Crippen LogP contribution < -0.4 is 4.74 Å². The van der Waals surface area contributed by atoms with Gasteiger partial charge in [0.1, 0.15) is 12.9 Å². The van der Waals surface area contributed by atoms with Crippen LogP contribution in [0.15, 0.2) is 24.3 Å². The largest absolute Gasteiger partial charge is 0.489 e. The van der Waals surface area contributed by atoms with E-state index in [1.165, 1.54) is 0 Å². The topological polar surface area (TPSA) is 9.23 Å². The first-order valence-corrected chi connectivity index (χ1v) is 3.59. The summed E-state index contributed by atoms with van der Waals surface area (Å²) in [6, 6.07) is 7.74. The first-order chi connectivity index (χ1) is 4.34. The average Bonchev–Trinajstić information content (AvgIpc) is 1.89. The maximum absolute atomic E-state index is 4.79. The SMILES string of the molecule is [CH2]Oc1ccccc1I. The van der Waals surface area contributed by atoms with Crippen LogP contribution in [0.5, 0.6) is 5.75 Å². The van der Waals surface area contributed by atoms with E-state index in [1.54, 1.807) is 0 Å². The molecule has 1 aromatic carbocycles. The molecule has 0 aromatic heterocycles. The number of ether oxygens (including phenoxy) is 1. The van der Waals surface area contributed by atoms with Gasteiger partial charge in [0.25, 0.3) is 0 Å². The summed E-state index contributed by atoms with van der Waals surface area (Å²) in [6.45, 7) is 0. The molecule has 1 radical (unpaired) electrons. The molecule has 1 nitrogen and oxygen atoms in total. The summed E-state index contributed by atoms with van der Waals surface area (Å²) in [7, 11) is 3.31. The molecule has 0 aliphatic heterocycles. The van der Waals surface area contributed by atoms with Gasteiger partial charge in [-0.3, -0.25) is 0 Å². The van der Waals surface area contributed by atoms with Crippen molar-refractivity contribution in [2.75, 3.05) is 0 Å². The highest BCUT2D eigenvalue weighted by Gasteiger charge is 1.92. The van der Waals surface area contributed by atoms with Crippen molar-refractivity contribution in [1.29, 1.82) is 0 Å². The van der Waals surface area contributed by atoms with E-state index in [9.17, 15) is 0 Å². The Morgan fingerprint density at radius 3 is 2.44 bits per heavy atom. The molecule has 0 heterocycles. The summed E-state index contributed by atoms with van der Waals surface area (Å²) in [4.78, 5) is 0. The fourth-order valence-corrected chi connectivity index (χ4v) is 1.10. The van der Waals surface area contributed by atoms with Gasteiger partial charge in [0.2, 0.25) is 0 Å². The highest BCUT2D eigenvalue weighted by Crippen LogP contribution is 2.18. The molecule has 0 N–H and O–H groups in total. The predicted molar refractivity (Wildman–Crippen MR) is 45.1 cm³/mol. The molecule has 2 heteroatoms. The van der Waals surface area contributed by atoms with Crippen molar-refractivity contribution in [3.8, 4) is 5.75 Å². The highest BCUT2D eigenvalue weighted by molar-refractivity contribution is 14.1. The van der Waals surface area contributed by atoms with Gasteiger partial charge in [-0.1, -0.05) is 12.1 Å². The lowest BCUT2D eigenvalue weighted by Crippen LogP contribution is -1.80. The molecule has 0 aliphatic rings. The Hall–Kier alpha value is -0.250. The van der Waals surface area contributed by atoms with E-state index in [-0.39, 0.29) is 0 Å². The summed E-state index contributed by atoms with van der Waals surface area (Å²) in [5.41, 5.74) is 0. The van der Waals surface area contributed by atoms with E-state index in [0.29, 0.717) is 0 Å². The zero-order valence-corrected chi connectivity index (χ0v) is 6.96. The van der Waals surface area contributed by atoms with Gasteiger partial charge in [-0.2, -0.15) is 0 Å². The van der Waals surface area contributed by atoms with Gasteiger partial charge < -0.3 is 4.74 Å². The first kappa shape index (κ1) is 6.86. The fourth-order valence-electron chi connectivity index (χ4n) is 0.562. The molecule has 0 bridgehead atoms. The van der Waals surface area contributed by atoms with Gasteiger partial charge in [0.15, 0.2) is 0 Å². The summed E-state index contributed by atoms with van der Waals surface area (Å²) in [5.74, 6) is 0.832. The molecule has 1 aromatic rings. The molecular formula is C7H6IO. The molecule has 0 fully saturated rings. The van der Waals surface area contributed by atoms with Crippen molar-refractivity contribution in [2.24, 2.45) is 0 Å². The van der Waals surface area contributed by atoms with Gasteiger partial charge in [0.05, 0.1) is 3.57 Å². The van der Waals surface area contributed by atoms with Crippen molar-refractivity contribution in [1.82, 2.24) is 0 Å². The summed E-state index contributed by atoms with van der Waals surface area (Å²) >= 11 is 2.20. The van der Waals surface area contributed by atoms with Gasteiger partial charge in [0, 0.05) is 0 Å². The Bertz CT molecular complexity index is 198. The lowest BCUT2D eigenvalue weighted by Gasteiger charge is -1.98. The lowest BCUT2D eigenvalue weighted by atomic mass is 10.3. The van der Waals surface area contributed by atoms with E-state index in [2.05, 4.69) is 29.7 Å². The van der Waals surface area contributed by atoms with Crippen molar-refractivity contribution in [3.63, 3.8) is 0 Å². The molecule has 0 unspecified atom stereocenters. The van der Waals surface area contributed by atoms with Crippen LogP contribution in [0.3, 0.4) is 0 Å². The summed E-state index contributed by atoms with van der Waals surface area (Å²) in [6.07, 6.45) is 0. The predicted octanol–water partition coefficient (Wildman–Crippen LogP) is 2.46. The van der Waals surface area contributed by atoms with Gasteiger partial charge >= 0.3 is 0 Å². The van der Waals surface area contributed by atoms with E-state index in [4.69, 9.17) is 4.74 Å². The molecule has 0 atom stereocenters. The number of rotatable bonds is 1. The van der Waals surface area contributed by atoms with Gasteiger partial charge in [-0.25, -0.2) is 0 Å². The fraction of sp³-hybridized carbons (Fsp3) is 0. The number of hydrogen-bond donors (Lipinski definition) is 0. The molecule has 0 saturated heterocycles. The number of halogens is 1. The maximum Gasteiger partial charge on any atom is 0.132 e. The van der Waals surface area contributed by atoms with E-state index < -0.39 is 0 Å². The van der Waals surface area contributed by atoms with Gasteiger partial charge in [-0.05, 0) is 34.7 Å². The Morgan fingerprint density at radius 2 is 2.00 bits per heavy atom. The normalized spacial score (nSPS) is 9.11. The Labute approximate surface area is 68.2 Å². The second kappa shape index (κ2) is 3.06. The standard InChI is InChI=1S/C7H6IO/c1-9-7-5-3-2-4-6(7)8/h2-5H,1H2. The Morgan fingerprint density at radius 1 is 1.33 bits per heavy atom. The van der Waals surface area contributed by atoms with Crippen LogP contribution in [-0.2, 0) is 0 Å². The van der Waals surface area contributed by atoms with E-state index >= 15 is 0 Å². The van der Waals surface area contributed by atoms with Crippen LogP contribution in [0.2, 0.25) is 0 Å². The zero-order valence-electron chi connectivity index (χ0n) is 4.80. The minimum absolute atomic E-state index is 0.832. The molecule has 0 saturated carbocycles. The summed E-state index contributed by atoms with van der Waals surface area (Å²) < 4.78 is 5.88. The molecule has 47 valence electrons. The molecular weight excluding hydrogens is 227 g/mol. The van der Waals surface area contributed by atoms with E-state index in [0.717, 1.165) is 9.32 Å². The molecule has 0 amide bonds. The molecule has 9 heavy (non-hydrogen) atoms. The van der Waals surface area contributed by atoms with Crippen molar-refractivity contribution >= 4 is 22.6 Å². The monoisotopic (exact) mass is 233 g/mol. The minimum atomic E-state index is 0.832. The Kier molecular flexibility index (Phi) is 2.33. The van der Waals surface area contributed by atoms with Crippen LogP contribution in [0.1, 0.15) is 0 Å². The minimum Gasteiger partial charge on any atom is -0.489 e. The van der Waals surface area contributed by atoms with Crippen molar-refractivity contribution < 1.29 is 4.74 Å². The second-order valence-electron chi connectivity index (χ2n) is 1.57. The van der Waals surface area contributed by atoms with Crippen LogP contribution in [0, 0.1) is 10.7 Å². The average molecular weight is 233 g/mol. The third kappa shape index (κ3) is 1.58. The lowest BCUT2D eigenvalue weighted by molar-refractivity contribution is 0.469. The quantitative estimate of drug-likeness (QED) is 0.677. The summed E-state index contributed by atoms with van der Waals surface area (Å²) in [5, 5.41) is 0.